The van der Waals surface area contributed by atoms with Crippen LogP contribution in [-0.4, -0.2) is 47.8 Å². The van der Waals surface area contributed by atoms with Crippen LogP contribution in [0.1, 0.15) is 51.4 Å². The number of hydrogen-bond acceptors (Lipinski definition) is 2. The molecule has 1 saturated carbocycles. The van der Waals surface area contributed by atoms with Crippen molar-refractivity contribution in [1.82, 2.24) is 9.80 Å². The van der Waals surface area contributed by atoms with Gasteiger partial charge < -0.3 is 9.80 Å². The Labute approximate surface area is 121 Å². The molecule has 2 aliphatic heterocycles. The van der Waals surface area contributed by atoms with Crippen molar-refractivity contribution in [3.8, 4) is 0 Å². The lowest BCUT2D eigenvalue weighted by molar-refractivity contribution is -0.137. The molecule has 3 rings (SSSR count). The molecule has 0 radical (unpaired) electrons. The highest BCUT2D eigenvalue weighted by molar-refractivity contribution is 5.83. The zero-order valence-electron chi connectivity index (χ0n) is 12.4. The molecule has 1 aliphatic carbocycles. The summed E-state index contributed by atoms with van der Waals surface area (Å²) in [5.41, 5.74) is 0. The van der Waals surface area contributed by atoms with Gasteiger partial charge in [0, 0.05) is 32.1 Å². The Morgan fingerprint density at radius 3 is 2.00 bits per heavy atom. The zero-order valence-corrected chi connectivity index (χ0v) is 12.4. The van der Waals surface area contributed by atoms with Crippen LogP contribution in [0.15, 0.2) is 0 Å². The van der Waals surface area contributed by atoms with Crippen LogP contribution in [0.2, 0.25) is 0 Å². The molecule has 0 N–H and O–H groups in total. The monoisotopic (exact) mass is 278 g/mol. The maximum absolute atomic E-state index is 12.5. The van der Waals surface area contributed by atoms with E-state index < -0.39 is 0 Å². The SMILES string of the molecule is O=C(C1CCN(C(=O)C2CCCCC2)C1)N1CCCC1. The predicted octanol–water partition coefficient (Wildman–Crippen LogP) is 2.04. The van der Waals surface area contributed by atoms with Gasteiger partial charge in [-0.15, -0.1) is 0 Å². The van der Waals surface area contributed by atoms with E-state index in [0.717, 1.165) is 51.7 Å². The second-order valence-electron chi connectivity index (χ2n) is 6.64. The van der Waals surface area contributed by atoms with Gasteiger partial charge in [-0.25, -0.2) is 0 Å². The summed E-state index contributed by atoms with van der Waals surface area (Å²) in [6.45, 7) is 3.31. The fourth-order valence-corrected chi connectivity index (χ4v) is 3.97. The molecule has 1 unspecified atom stereocenters. The average Bonchev–Trinajstić information content (AvgIpc) is 3.18. The van der Waals surface area contributed by atoms with Crippen molar-refractivity contribution in [2.45, 2.75) is 51.4 Å². The van der Waals surface area contributed by atoms with Crippen LogP contribution in [-0.2, 0) is 9.59 Å². The summed E-state index contributed by atoms with van der Waals surface area (Å²) in [5.74, 6) is 0.924. The molecule has 2 heterocycles. The van der Waals surface area contributed by atoms with Gasteiger partial charge in [0.2, 0.25) is 11.8 Å². The van der Waals surface area contributed by atoms with Gasteiger partial charge >= 0.3 is 0 Å². The van der Waals surface area contributed by atoms with Gasteiger partial charge in [-0.1, -0.05) is 19.3 Å². The second kappa shape index (κ2) is 6.15. The van der Waals surface area contributed by atoms with Crippen molar-refractivity contribution in [3.63, 3.8) is 0 Å². The first-order chi connectivity index (χ1) is 9.75. The highest BCUT2D eigenvalue weighted by Gasteiger charge is 2.36. The first-order valence-corrected chi connectivity index (χ1v) is 8.33. The van der Waals surface area contributed by atoms with E-state index in [1.54, 1.807) is 0 Å². The normalized spacial score (nSPS) is 28.1. The second-order valence-corrected chi connectivity index (χ2v) is 6.64. The van der Waals surface area contributed by atoms with Crippen LogP contribution >= 0.6 is 0 Å². The van der Waals surface area contributed by atoms with Crippen LogP contribution in [0, 0.1) is 11.8 Å². The first kappa shape index (κ1) is 13.9. The van der Waals surface area contributed by atoms with Crippen LogP contribution in [0.25, 0.3) is 0 Å². The van der Waals surface area contributed by atoms with Crippen molar-refractivity contribution in [1.29, 1.82) is 0 Å². The molecule has 3 fully saturated rings. The molecule has 3 aliphatic rings. The molecule has 0 aromatic heterocycles. The number of carbonyl (C=O) groups is 2. The molecule has 20 heavy (non-hydrogen) atoms. The van der Waals surface area contributed by atoms with Gasteiger partial charge in [0.25, 0.3) is 0 Å². The van der Waals surface area contributed by atoms with Gasteiger partial charge in [-0.2, -0.15) is 0 Å². The van der Waals surface area contributed by atoms with E-state index in [2.05, 4.69) is 0 Å². The maximum Gasteiger partial charge on any atom is 0.227 e. The number of rotatable bonds is 2. The predicted molar refractivity (Wildman–Crippen MR) is 77.1 cm³/mol. The molecule has 112 valence electrons. The Morgan fingerprint density at radius 1 is 0.650 bits per heavy atom. The van der Waals surface area contributed by atoms with E-state index in [1.165, 1.54) is 19.3 Å². The lowest BCUT2D eigenvalue weighted by Gasteiger charge is -2.26. The van der Waals surface area contributed by atoms with Crippen LogP contribution in [0.4, 0.5) is 0 Å². The van der Waals surface area contributed by atoms with E-state index in [9.17, 15) is 9.59 Å². The highest BCUT2D eigenvalue weighted by Crippen LogP contribution is 2.28. The van der Waals surface area contributed by atoms with Crippen molar-refractivity contribution in [3.05, 3.63) is 0 Å². The van der Waals surface area contributed by atoms with Gasteiger partial charge in [0.15, 0.2) is 0 Å². The van der Waals surface area contributed by atoms with Crippen LogP contribution in [0.5, 0.6) is 0 Å². The van der Waals surface area contributed by atoms with E-state index in [-0.39, 0.29) is 11.8 Å². The Hall–Kier alpha value is -1.06. The third-order valence-electron chi connectivity index (χ3n) is 5.22. The van der Waals surface area contributed by atoms with Gasteiger partial charge in [-0.05, 0) is 32.1 Å². The summed E-state index contributed by atoms with van der Waals surface area (Å²) in [7, 11) is 0. The van der Waals surface area contributed by atoms with Crippen LogP contribution < -0.4 is 0 Å². The van der Waals surface area contributed by atoms with E-state index in [1.807, 2.05) is 9.80 Å². The molecule has 0 spiro atoms. The Morgan fingerprint density at radius 2 is 1.30 bits per heavy atom. The summed E-state index contributed by atoms with van der Waals surface area (Å²) in [4.78, 5) is 28.8. The van der Waals surface area contributed by atoms with Crippen LogP contribution in [0.3, 0.4) is 0 Å². The topological polar surface area (TPSA) is 40.6 Å². The minimum absolute atomic E-state index is 0.0700. The van der Waals surface area contributed by atoms with Crippen molar-refractivity contribution >= 4 is 11.8 Å². The molecular formula is C16H26N2O2. The standard InChI is InChI=1S/C16H26N2O2/c19-15(13-6-2-1-3-7-13)18-11-8-14(12-18)16(20)17-9-4-5-10-17/h13-14H,1-12H2. The van der Waals surface area contributed by atoms with Gasteiger partial charge in [0.05, 0.1) is 5.92 Å². The summed E-state index contributed by atoms with van der Waals surface area (Å²) in [5, 5.41) is 0. The molecule has 0 bridgehead atoms. The largest absolute Gasteiger partial charge is 0.342 e. The van der Waals surface area contributed by atoms with E-state index in [0.29, 0.717) is 18.4 Å². The number of nitrogens with zero attached hydrogens (tertiary/aromatic N) is 2. The highest BCUT2D eigenvalue weighted by atomic mass is 16.2. The summed E-state index contributed by atoms with van der Waals surface area (Å²) in [6.07, 6.45) is 8.93. The Bertz CT molecular complexity index is 371. The summed E-state index contributed by atoms with van der Waals surface area (Å²) >= 11 is 0. The Balaban J connectivity index is 1.53. The zero-order chi connectivity index (χ0) is 13.9. The lowest BCUT2D eigenvalue weighted by atomic mass is 9.88. The molecule has 2 saturated heterocycles. The molecule has 1 atom stereocenters. The molecule has 4 nitrogen and oxygen atoms in total. The molecule has 0 aromatic rings. The third-order valence-corrected chi connectivity index (χ3v) is 5.22. The molecule has 2 amide bonds. The average molecular weight is 278 g/mol. The third kappa shape index (κ3) is 2.84. The molecular weight excluding hydrogens is 252 g/mol. The molecule has 0 aromatic carbocycles. The van der Waals surface area contributed by atoms with Crippen molar-refractivity contribution < 1.29 is 9.59 Å². The van der Waals surface area contributed by atoms with Crippen molar-refractivity contribution in [2.24, 2.45) is 11.8 Å². The quantitative estimate of drug-likeness (QED) is 0.775. The number of hydrogen-bond donors (Lipinski definition) is 0. The number of likely N-dealkylation sites (tertiary alicyclic amines) is 2. The Kier molecular flexibility index (Phi) is 4.27. The van der Waals surface area contributed by atoms with E-state index in [4.69, 9.17) is 0 Å². The first-order valence-electron chi connectivity index (χ1n) is 8.33. The smallest absolute Gasteiger partial charge is 0.227 e. The fraction of sp³-hybridized carbons (Fsp3) is 0.875. The fourth-order valence-electron chi connectivity index (χ4n) is 3.97. The minimum atomic E-state index is 0.0700. The van der Waals surface area contributed by atoms with E-state index >= 15 is 0 Å². The number of carbonyl (C=O) groups excluding carboxylic acids is 2. The van der Waals surface area contributed by atoms with Crippen molar-refractivity contribution in [2.75, 3.05) is 26.2 Å². The van der Waals surface area contributed by atoms with Gasteiger partial charge in [-0.3, -0.25) is 9.59 Å². The lowest BCUT2D eigenvalue weighted by Crippen LogP contribution is -2.38. The summed E-state index contributed by atoms with van der Waals surface area (Å²) in [6, 6.07) is 0. The molecule has 4 heteroatoms. The summed E-state index contributed by atoms with van der Waals surface area (Å²) < 4.78 is 0. The van der Waals surface area contributed by atoms with Gasteiger partial charge in [0.1, 0.15) is 0 Å². The minimum Gasteiger partial charge on any atom is -0.342 e. The maximum atomic E-state index is 12.5. The number of amides is 2.